The average molecular weight is 450 g/mol. The Balaban J connectivity index is 1.66. The van der Waals surface area contributed by atoms with Crippen LogP contribution in [-0.4, -0.2) is 60.2 Å². The van der Waals surface area contributed by atoms with Gasteiger partial charge in [-0.05, 0) is 40.2 Å². The first-order valence-electron chi connectivity index (χ1n) is 10.00. The molecule has 0 radical (unpaired) electrons. The number of hydrogen-bond acceptors (Lipinski definition) is 8. The molecule has 3 N–H and O–H groups in total. The molecule has 0 atom stereocenters. The lowest BCUT2D eigenvalue weighted by atomic mass is 10.1. The van der Waals surface area contributed by atoms with Gasteiger partial charge in [-0.1, -0.05) is 11.3 Å². The molecule has 3 heterocycles. The van der Waals surface area contributed by atoms with Crippen LogP contribution in [0, 0.1) is 20.8 Å². The number of nitrogens with zero attached hydrogens (tertiary/aromatic N) is 2. The summed E-state index contributed by atoms with van der Waals surface area (Å²) >= 11 is 1.27. The zero-order valence-electron chi connectivity index (χ0n) is 18.2. The Morgan fingerprint density at radius 2 is 1.77 bits per heavy atom. The molecular weight excluding hydrogens is 422 g/mol. The zero-order valence-corrected chi connectivity index (χ0v) is 19.1. The standard InChI is InChI=1S/C20H27N5O5S/c1-10(2)30-19(28)14-11(3)15(21-12(14)4)17(26)23-24-18(27)16-13(5)22-20(31-16)25-6-8-29-9-7-25/h10,21H,6-9H2,1-5H3,(H,23,26)(H,24,27). The molecule has 0 aromatic carbocycles. The maximum atomic E-state index is 12.6. The summed E-state index contributed by atoms with van der Waals surface area (Å²) in [5.41, 5.74) is 6.89. The lowest BCUT2D eigenvalue weighted by molar-refractivity contribution is 0.0376. The molecule has 168 valence electrons. The van der Waals surface area contributed by atoms with E-state index < -0.39 is 17.8 Å². The first kappa shape index (κ1) is 22.8. The molecule has 0 bridgehead atoms. The van der Waals surface area contributed by atoms with Crippen molar-refractivity contribution in [1.29, 1.82) is 0 Å². The third kappa shape index (κ3) is 5.05. The van der Waals surface area contributed by atoms with Gasteiger partial charge in [-0.3, -0.25) is 20.4 Å². The highest BCUT2D eigenvalue weighted by Crippen LogP contribution is 2.26. The molecule has 31 heavy (non-hydrogen) atoms. The summed E-state index contributed by atoms with van der Waals surface area (Å²) in [6, 6.07) is 0. The SMILES string of the molecule is Cc1nc(N2CCOCC2)sc1C(=O)NNC(=O)c1[nH]c(C)c(C(=O)OC(C)C)c1C. The normalized spacial score (nSPS) is 13.9. The number of H-pyrrole nitrogens is 1. The summed E-state index contributed by atoms with van der Waals surface area (Å²) in [4.78, 5) is 47.4. The molecule has 2 aromatic heterocycles. The van der Waals surface area contributed by atoms with Gasteiger partial charge in [-0.25, -0.2) is 9.78 Å². The quantitative estimate of drug-likeness (QED) is 0.470. The number of amides is 2. The van der Waals surface area contributed by atoms with Gasteiger partial charge in [0.05, 0.1) is 30.6 Å². The minimum Gasteiger partial charge on any atom is -0.459 e. The largest absolute Gasteiger partial charge is 0.459 e. The first-order chi connectivity index (χ1) is 14.7. The number of rotatable bonds is 5. The predicted molar refractivity (Wildman–Crippen MR) is 116 cm³/mol. The van der Waals surface area contributed by atoms with Gasteiger partial charge in [0.15, 0.2) is 5.13 Å². The molecule has 1 aliphatic heterocycles. The fourth-order valence-corrected chi connectivity index (χ4v) is 4.29. The van der Waals surface area contributed by atoms with Crippen LogP contribution in [0.15, 0.2) is 0 Å². The van der Waals surface area contributed by atoms with Gasteiger partial charge < -0.3 is 19.4 Å². The summed E-state index contributed by atoms with van der Waals surface area (Å²) < 4.78 is 10.6. The fourth-order valence-electron chi connectivity index (χ4n) is 3.27. The molecule has 0 unspecified atom stereocenters. The number of aromatic amines is 1. The van der Waals surface area contributed by atoms with E-state index in [0.29, 0.717) is 40.6 Å². The van der Waals surface area contributed by atoms with Crippen LogP contribution in [0.25, 0.3) is 0 Å². The van der Waals surface area contributed by atoms with Crippen LogP contribution >= 0.6 is 11.3 Å². The van der Waals surface area contributed by atoms with Crippen molar-refractivity contribution in [3.8, 4) is 0 Å². The van der Waals surface area contributed by atoms with E-state index in [1.54, 1.807) is 34.6 Å². The molecule has 0 aliphatic carbocycles. The fraction of sp³-hybridized carbons (Fsp3) is 0.500. The summed E-state index contributed by atoms with van der Waals surface area (Å²) in [6.07, 6.45) is -0.275. The van der Waals surface area contributed by atoms with Gasteiger partial charge in [-0.15, -0.1) is 0 Å². The number of hydrazine groups is 1. The number of hydrogen-bond donors (Lipinski definition) is 3. The van der Waals surface area contributed by atoms with Crippen molar-refractivity contribution >= 4 is 34.3 Å². The van der Waals surface area contributed by atoms with Crippen LogP contribution in [0.5, 0.6) is 0 Å². The molecule has 3 rings (SSSR count). The Bertz CT molecular complexity index is 990. The molecule has 2 aromatic rings. The number of carbonyl (C=O) groups is 3. The van der Waals surface area contributed by atoms with Crippen LogP contribution < -0.4 is 15.8 Å². The van der Waals surface area contributed by atoms with Crippen molar-refractivity contribution in [3.63, 3.8) is 0 Å². The Morgan fingerprint density at radius 3 is 2.42 bits per heavy atom. The molecule has 2 amide bonds. The monoisotopic (exact) mass is 449 g/mol. The second-order valence-corrected chi connectivity index (χ2v) is 8.48. The van der Waals surface area contributed by atoms with E-state index in [9.17, 15) is 14.4 Å². The van der Waals surface area contributed by atoms with E-state index >= 15 is 0 Å². The smallest absolute Gasteiger partial charge is 0.340 e. The van der Waals surface area contributed by atoms with E-state index in [1.165, 1.54) is 11.3 Å². The molecular formula is C20H27N5O5S. The number of anilines is 1. The van der Waals surface area contributed by atoms with E-state index in [0.717, 1.165) is 18.2 Å². The highest BCUT2D eigenvalue weighted by molar-refractivity contribution is 7.17. The molecule has 0 spiro atoms. The van der Waals surface area contributed by atoms with Crippen LogP contribution in [0.4, 0.5) is 5.13 Å². The van der Waals surface area contributed by atoms with Crippen molar-refractivity contribution in [1.82, 2.24) is 20.8 Å². The third-order valence-corrected chi connectivity index (χ3v) is 5.99. The second kappa shape index (κ2) is 9.48. The van der Waals surface area contributed by atoms with E-state index in [-0.39, 0.29) is 11.8 Å². The molecule has 10 nitrogen and oxygen atoms in total. The zero-order chi connectivity index (χ0) is 22.7. The molecule has 1 saturated heterocycles. The number of aromatic nitrogens is 2. The number of carbonyl (C=O) groups excluding carboxylic acids is 3. The van der Waals surface area contributed by atoms with E-state index in [4.69, 9.17) is 9.47 Å². The number of nitrogens with one attached hydrogen (secondary N) is 3. The number of ether oxygens (including phenoxy) is 2. The Morgan fingerprint density at radius 1 is 1.13 bits per heavy atom. The van der Waals surface area contributed by atoms with Crippen LogP contribution in [0.3, 0.4) is 0 Å². The van der Waals surface area contributed by atoms with Gasteiger partial charge in [0.2, 0.25) is 0 Å². The summed E-state index contributed by atoms with van der Waals surface area (Å²) in [5, 5.41) is 0.751. The maximum absolute atomic E-state index is 12.6. The van der Waals surface area contributed by atoms with Gasteiger partial charge in [-0.2, -0.15) is 0 Å². The van der Waals surface area contributed by atoms with Crippen molar-refractivity contribution in [2.45, 2.75) is 40.7 Å². The number of morpholine rings is 1. The lowest BCUT2D eigenvalue weighted by Crippen LogP contribution is -2.42. The molecule has 11 heteroatoms. The first-order valence-corrected chi connectivity index (χ1v) is 10.8. The minimum absolute atomic E-state index is 0.184. The lowest BCUT2D eigenvalue weighted by Gasteiger charge is -2.25. The Hall–Kier alpha value is -2.92. The highest BCUT2D eigenvalue weighted by Gasteiger charge is 2.25. The van der Waals surface area contributed by atoms with Gasteiger partial charge in [0.25, 0.3) is 11.8 Å². The van der Waals surface area contributed by atoms with Crippen LogP contribution in [0.1, 0.15) is 61.3 Å². The van der Waals surface area contributed by atoms with Crippen molar-refractivity contribution in [3.05, 3.63) is 33.1 Å². The summed E-state index contributed by atoms with van der Waals surface area (Å²) in [7, 11) is 0. The second-order valence-electron chi connectivity index (χ2n) is 7.50. The molecule has 1 fully saturated rings. The number of thiazole rings is 1. The van der Waals surface area contributed by atoms with E-state index in [1.807, 2.05) is 0 Å². The van der Waals surface area contributed by atoms with Gasteiger partial charge in [0.1, 0.15) is 10.6 Å². The number of esters is 1. The Labute approximate surface area is 184 Å². The third-order valence-electron chi connectivity index (χ3n) is 4.77. The van der Waals surface area contributed by atoms with Crippen molar-refractivity contribution in [2.24, 2.45) is 0 Å². The molecule has 0 saturated carbocycles. The number of aryl methyl sites for hydroxylation is 2. The highest BCUT2D eigenvalue weighted by atomic mass is 32.1. The molecule has 1 aliphatic rings. The predicted octanol–water partition coefficient (Wildman–Crippen LogP) is 1.87. The van der Waals surface area contributed by atoms with Crippen molar-refractivity contribution in [2.75, 3.05) is 31.2 Å². The maximum Gasteiger partial charge on any atom is 0.340 e. The van der Waals surface area contributed by atoms with Crippen LogP contribution in [-0.2, 0) is 9.47 Å². The van der Waals surface area contributed by atoms with E-state index in [2.05, 4.69) is 25.7 Å². The van der Waals surface area contributed by atoms with Gasteiger partial charge >= 0.3 is 5.97 Å². The van der Waals surface area contributed by atoms with Gasteiger partial charge in [0, 0.05) is 18.8 Å². The topological polar surface area (TPSA) is 126 Å². The summed E-state index contributed by atoms with van der Waals surface area (Å²) in [6.45, 7) is 11.3. The average Bonchev–Trinajstić information content (AvgIpc) is 3.25. The summed E-state index contributed by atoms with van der Waals surface area (Å²) in [5.74, 6) is -1.52. The van der Waals surface area contributed by atoms with Crippen LogP contribution in [0.2, 0.25) is 0 Å². The Kier molecular flexibility index (Phi) is 6.96. The van der Waals surface area contributed by atoms with Crippen molar-refractivity contribution < 1.29 is 23.9 Å². The minimum atomic E-state index is -0.562.